The average molecular weight is 345 g/mol. The zero-order valence-electron chi connectivity index (χ0n) is 14.1. The number of nitrogens with zero attached hydrogens (tertiary/aromatic N) is 4. The molecule has 1 atom stereocenters. The molecule has 7 heteroatoms. The van der Waals surface area contributed by atoms with E-state index in [-0.39, 0.29) is 5.91 Å². The fourth-order valence-corrected chi connectivity index (χ4v) is 3.46. The Labute approximate surface area is 146 Å². The van der Waals surface area contributed by atoms with E-state index < -0.39 is 0 Å². The Morgan fingerprint density at radius 3 is 3.04 bits per heavy atom. The van der Waals surface area contributed by atoms with Gasteiger partial charge in [-0.05, 0) is 37.4 Å². The molecule has 24 heavy (non-hydrogen) atoms. The number of hydrogen-bond donors (Lipinski definition) is 1. The normalized spacial score (nSPS) is 17.8. The van der Waals surface area contributed by atoms with Gasteiger partial charge >= 0.3 is 0 Å². The molecule has 1 amide bonds. The molecule has 3 heterocycles. The number of hydrogen-bond acceptors (Lipinski definition) is 6. The van der Waals surface area contributed by atoms with Crippen LogP contribution in [0, 0.1) is 12.8 Å². The van der Waals surface area contributed by atoms with E-state index in [9.17, 15) is 4.79 Å². The first-order valence-electron chi connectivity index (χ1n) is 8.17. The molecule has 6 nitrogen and oxygen atoms in total. The lowest BCUT2D eigenvalue weighted by Crippen LogP contribution is -2.37. The highest BCUT2D eigenvalue weighted by atomic mass is 32.1. The van der Waals surface area contributed by atoms with E-state index in [1.807, 2.05) is 24.6 Å². The van der Waals surface area contributed by atoms with Gasteiger partial charge in [0.2, 0.25) is 5.91 Å². The summed E-state index contributed by atoms with van der Waals surface area (Å²) in [5.74, 6) is 1.56. The van der Waals surface area contributed by atoms with Crippen molar-refractivity contribution >= 4 is 28.2 Å². The predicted octanol–water partition coefficient (Wildman–Crippen LogP) is 2.24. The minimum atomic E-state index is 0.0961. The molecule has 3 rings (SSSR count). The van der Waals surface area contributed by atoms with E-state index in [2.05, 4.69) is 26.3 Å². The number of rotatable bonds is 6. The van der Waals surface area contributed by atoms with E-state index in [1.54, 1.807) is 18.1 Å². The van der Waals surface area contributed by atoms with Crippen LogP contribution >= 0.6 is 11.3 Å². The Hall–Kier alpha value is -1.99. The van der Waals surface area contributed by atoms with Crippen LogP contribution < -0.4 is 10.2 Å². The molecule has 0 unspecified atom stereocenters. The van der Waals surface area contributed by atoms with Gasteiger partial charge in [0.05, 0.1) is 6.54 Å². The minimum Gasteiger partial charge on any atom is -0.370 e. The quantitative estimate of drug-likeness (QED) is 0.870. The van der Waals surface area contributed by atoms with Crippen molar-refractivity contribution in [1.82, 2.24) is 14.9 Å². The summed E-state index contributed by atoms with van der Waals surface area (Å²) >= 11 is 1.48. The first kappa shape index (κ1) is 16.9. The maximum Gasteiger partial charge on any atom is 0.242 e. The summed E-state index contributed by atoms with van der Waals surface area (Å²) in [6, 6.07) is 4.07. The van der Waals surface area contributed by atoms with Crippen LogP contribution in [0.25, 0.3) is 0 Å². The Balaban J connectivity index is 1.43. The van der Waals surface area contributed by atoms with Crippen LogP contribution in [-0.4, -0.2) is 54.0 Å². The number of carbonyl (C=O) groups is 1. The van der Waals surface area contributed by atoms with Gasteiger partial charge in [-0.3, -0.25) is 14.6 Å². The monoisotopic (exact) mass is 345 g/mol. The van der Waals surface area contributed by atoms with Gasteiger partial charge in [0.25, 0.3) is 0 Å². The summed E-state index contributed by atoms with van der Waals surface area (Å²) < 4.78 is 0. The molecule has 0 spiro atoms. The highest BCUT2D eigenvalue weighted by Crippen LogP contribution is 2.19. The van der Waals surface area contributed by atoms with Gasteiger partial charge < -0.3 is 5.32 Å². The first-order valence-corrected chi connectivity index (χ1v) is 9.04. The molecular formula is C17H23N5OS. The van der Waals surface area contributed by atoms with Gasteiger partial charge in [-0.1, -0.05) is 6.07 Å². The van der Waals surface area contributed by atoms with Crippen molar-refractivity contribution in [2.24, 2.45) is 5.92 Å². The third-order valence-electron chi connectivity index (χ3n) is 4.29. The Kier molecular flexibility index (Phi) is 5.42. The lowest BCUT2D eigenvalue weighted by molar-refractivity contribution is -0.119. The Morgan fingerprint density at radius 2 is 2.33 bits per heavy atom. The average Bonchev–Trinajstić information content (AvgIpc) is 3.25. The second-order valence-electron chi connectivity index (χ2n) is 6.26. The number of thiazole rings is 1. The van der Waals surface area contributed by atoms with E-state index in [0.717, 1.165) is 42.6 Å². The molecule has 0 radical (unpaired) electrons. The van der Waals surface area contributed by atoms with Crippen LogP contribution in [0.5, 0.6) is 0 Å². The van der Waals surface area contributed by atoms with Crippen molar-refractivity contribution in [2.45, 2.75) is 13.3 Å². The molecular weight excluding hydrogens is 322 g/mol. The second kappa shape index (κ2) is 7.72. The number of carbonyl (C=O) groups excluding carboxylic acids is 1. The maximum absolute atomic E-state index is 12.3. The number of likely N-dealkylation sites (N-methyl/N-ethyl adjacent to an activating group) is 1. The highest BCUT2D eigenvalue weighted by Gasteiger charge is 2.25. The topological polar surface area (TPSA) is 61.4 Å². The van der Waals surface area contributed by atoms with Crippen molar-refractivity contribution in [2.75, 3.05) is 43.4 Å². The summed E-state index contributed by atoms with van der Waals surface area (Å²) in [6.07, 6.45) is 4.70. The van der Waals surface area contributed by atoms with Crippen LogP contribution in [0.3, 0.4) is 0 Å². The molecule has 128 valence electrons. The van der Waals surface area contributed by atoms with Crippen molar-refractivity contribution in [3.8, 4) is 0 Å². The van der Waals surface area contributed by atoms with Gasteiger partial charge in [0, 0.05) is 37.9 Å². The second-order valence-corrected chi connectivity index (χ2v) is 7.13. The molecule has 2 aromatic heterocycles. The number of nitrogens with one attached hydrogen (secondary N) is 1. The highest BCUT2D eigenvalue weighted by molar-refractivity contribution is 7.13. The molecule has 1 aliphatic heterocycles. The molecule has 1 aliphatic rings. The fourth-order valence-electron chi connectivity index (χ4n) is 2.83. The predicted molar refractivity (Wildman–Crippen MR) is 97.5 cm³/mol. The fraction of sp³-hybridized carbons (Fsp3) is 0.471. The van der Waals surface area contributed by atoms with Crippen LogP contribution in [0.1, 0.15) is 12.0 Å². The molecule has 0 saturated carbocycles. The van der Waals surface area contributed by atoms with Crippen molar-refractivity contribution < 1.29 is 4.79 Å². The summed E-state index contributed by atoms with van der Waals surface area (Å²) in [5, 5.41) is 6.03. The van der Waals surface area contributed by atoms with Crippen molar-refractivity contribution in [3.05, 3.63) is 35.5 Å². The number of amides is 1. The largest absolute Gasteiger partial charge is 0.370 e. The Morgan fingerprint density at radius 1 is 1.46 bits per heavy atom. The van der Waals surface area contributed by atoms with Crippen LogP contribution in [0.2, 0.25) is 0 Å². The van der Waals surface area contributed by atoms with E-state index in [0.29, 0.717) is 12.5 Å². The van der Waals surface area contributed by atoms with E-state index >= 15 is 0 Å². The molecule has 0 aliphatic carbocycles. The zero-order chi connectivity index (χ0) is 16.9. The van der Waals surface area contributed by atoms with E-state index in [4.69, 9.17) is 0 Å². The number of likely N-dealkylation sites (tertiary alicyclic amines) is 1. The maximum atomic E-state index is 12.3. The van der Waals surface area contributed by atoms with Crippen molar-refractivity contribution in [1.29, 1.82) is 0 Å². The van der Waals surface area contributed by atoms with Gasteiger partial charge in [0.15, 0.2) is 5.13 Å². The first-order chi connectivity index (χ1) is 11.6. The molecule has 1 fully saturated rings. The van der Waals surface area contributed by atoms with Gasteiger partial charge in [0.1, 0.15) is 5.82 Å². The van der Waals surface area contributed by atoms with Gasteiger partial charge in [-0.25, -0.2) is 9.97 Å². The summed E-state index contributed by atoms with van der Waals surface area (Å²) in [5.41, 5.74) is 1.16. The SMILES string of the molecule is Cc1ccc(NC[C@@H]2CCN(CC(=O)N(C)c3nccs3)C2)nc1. The smallest absolute Gasteiger partial charge is 0.242 e. The molecule has 2 aromatic rings. The Bertz CT molecular complexity index is 658. The van der Waals surface area contributed by atoms with Gasteiger partial charge in [-0.15, -0.1) is 11.3 Å². The zero-order valence-corrected chi connectivity index (χ0v) is 14.9. The van der Waals surface area contributed by atoms with Gasteiger partial charge in [-0.2, -0.15) is 0 Å². The third kappa shape index (κ3) is 4.30. The summed E-state index contributed by atoms with van der Waals surface area (Å²) in [4.78, 5) is 24.8. The van der Waals surface area contributed by atoms with Crippen LogP contribution in [0.15, 0.2) is 29.9 Å². The molecule has 1 saturated heterocycles. The van der Waals surface area contributed by atoms with E-state index in [1.165, 1.54) is 11.3 Å². The van der Waals surface area contributed by atoms with Crippen LogP contribution in [-0.2, 0) is 4.79 Å². The van der Waals surface area contributed by atoms with Crippen LogP contribution in [0.4, 0.5) is 10.9 Å². The third-order valence-corrected chi connectivity index (χ3v) is 5.14. The number of aryl methyl sites for hydroxylation is 1. The summed E-state index contributed by atoms with van der Waals surface area (Å²) in [7, 11) is 1.79. The number of pyridine rings is 1. The standard InChI is InChI=1S/C17H23N5OS/c1-13-3-4-15(19-9-13)20-10-14-5-7-22(11-14)12-16(23)21(2)17-18-6-8-24-17/h3-4,6,8-9,14H,5,7,10-12H2,1-2H3,(H,19,20)/t14-/m0/s1. The molecule has 0 bridgehead atoms. The van der Waals surface area contributed by atoms with Crippen molar-refractivity contribution in [3.63, 3.8) is 0 Å². The summed E-state index contributed by atoms with van der Waals surface area (Å²) in [6.45, 7) is 5.28. The lowest BCUT2D eigenvalue weighted by atomic mass is 10.1. The number of anilines is 2. The number of aromatic nitrogens is 2. The molecule has 0 aromatic carbocycles. The minimum absolute atomic E-state index is 0.0961. The molecule has 1 N–H and O–H groups in total. The lowest BCUT2D eigenvalue weighted by Gasteiger charge is -2.20.